The van der Waals surface area contributed by atoms with Crippen molar-refractivity contribution in [1.82, 2.24) is 0 Å². The van der Waals surface area contributed by atoms with Gasteiger partial charge in [-0.1, -0.05) is 65.2 Å². The van der Waals surface area contributed by atoms with Gasteiger partial charge in [0.1, 0.15) is 0 Å². The first-order valence-corrected chi connectivity index (χ1v) is 8.45. The number of hydrogen-bond acceptors (Lipinski definition) is 0. The molecule has 2 heteroatoms. The zero-order valence-corrected chi connectivity index (χ0v) is 16.6. The van der Waals surface area contributed by atoms with Crippen molar-refractivity contribution in [2.24, 2.45) is 0 Å². The molecule has 3 saturated carbocycles. The second-order valence-corrected chi connectivity index (χ2v) is 5.78. The third-order valence-corrected chi connectivity index (χ3v) is 3.95. The summed E-state index contributed by atoms with van der Waals surface area (Å²) in [7, 11) is 0. The molecule has 1 radical (unpaired) electrons. The molecule has 3 fully saturated rings. The zero-order chi connectivity index (χ0) is 12.7. The molecule has 0 aromatic heterocycles. The van der Waals surface area contributed by atoms with Crippen LogP contribution < -0.4 is 0 Å². The maximum Gasteiger partial charge on any atom is 3.00 e. The minimum absolute atomic E-state index is 0. The summed E-state index contributed by atoms with van der Waals surface area (Å²) in [4.78, 5) is 0. The first kappa shape index (κ1) is 26.9. The molecule has 1 unspecified atom stereocenters. The van der Waals surface area contributed by atoms with E-state index in [0.717, 1.165) is 0 Å². The van der Waals surface area contributed by atoms with Crippen molar-refractivity contribution in [1.29, 1.82) is 0 Å². The Labute approximate surface area is 152 Å². The van der Waals surface area contributed by atoms with Gasteiger partial charge in [0.15, 0.2) is 0 Å². The molecule has 129 valence electrons. The summed E-state index contributed by atoms with van der Waals surface area (Å²) in [6, 6.07) is 0. The molecule has 0 bridgehead atoms. The molecule has 3 rings (SSSR count). The van der Waals surface area contributed by atoms with Crippen LogP contribution in [0.25, 0.3) is 0 Å². The minimum atomic E-state index is 0. The topological polar surface area (TPSA) is 0 Å². The standard InChI is InChI=1S/3C6H11.CH4.H3P.Ru/c3*1-2-4-6-5-3-1;;;/h3*1H,2-6H2;1H4;1H3;/q3*-1;;;+3. The van der Waals surface area contributed by atoms with Crippen LogP contribution in [0, 0.1) is 19.3 Å². The Hall–Kier alpha value is 1.05. The average Bonchev–Trinajstić information content (AvgIpc) is 2.54. The molecular formula is C19H40PRu. The molecule has 0 amide bonds. The predicted octanol–water partition coefficient (Wildman–Crippen LogP) is 7.16. The van der Waals surface area contributed by atoms with Crippen LogP contribution in [-0.4, -0.2) is 0 Å². The van der Waals surface area contributed by atoms with E-state index in [9.17, 15) is 0 Å². The Balaban J connectivity index is -0.000000216. The Morgan fingerprint density at radius 3 is 0.619 bits per heavy atom. The van der Waals surface area contributed by atoms with Gasteiger partial charge >= 0.3 is 19.5 Å². The van der Waals surface area contributed by atoms with Crippen LogP contribution in [0.1, 0.15) is 104 Å². The third-order valence-electron chi connectivity index (χ3n) is 3.95. The van der Waals surface area contributed by atoms with E-state index < -0.39 is 0 Å². The Kier molecular flexibility index (Phi) is 29.9. The normalized spacial score (nSPS) is 20.6. The summed E-state index contributed by atoms with van der Waals surface area (Å²) in [5.74, 6) is 0. The Morgan fingerprint density at radius 2 is 0.571 bits per heavy atom. The van der Waals surface area contributed by atoms with E-state index in [4.69, 9.17) is 0 Å². The van der Waals surface area contributed by atoms with Gasteiger partial charge in [-0.15, -0.1) is 0 Å². The van der Waals surface area contributed by atoms with Gasteiger partial charge in [-0.2, -0.15) is 48.4 Å². The molecular weight excluding hydrogens is 360 g/mol. The molecule has 0 N–H and O–H groups in total. The van der Waals surface area contributed by atoms with E-state index in [1.807, 2.05) is 0 Å². The van der Waals surface area contributed by atoms with E-state index >= 15 is 0 Å². The SMILES string of the molecule is C.P.[CH-]1CCCCC1.[CH-]1CCCCC1.[CH-]1CCCCC1.[Ru+3]. The fourth-order valence-corrected chi connectivity index (χ4v) is 2.70. The largest absolute Gasteiger partial charge is 3.00 e. The first-order chi connectivity index (χ1) is 9.00. The van der Waals surface area contributed by atoms with Gasteiger partial charge in [-0.05, 0) is 0 Å². The van der Waals surface area contributed by atoms with E-state index in [-0.39, 0.29) is 36.8 Å². The van der Waals surface area contributed by atoms with E-state index in [2.05, 4.69) is 19.3 Å². The van der Waals surface area contributed by atoms with Crippen molar-refractivity contribution in [2.45, 2.75) is 104 Å². The number of hydrogen-bond donors (Lipinski definition) is 0. The van der Waals surface area contributed by atoms with Crippen molar-refractivity contribution in [3.05, 3.63) is 19.3 Å². The maximum absolute atomic E-state index is 2.39. The molecule has 0 saturated heterocycles. The molecule has 0 aromatic rings. The van der Waals surface area contributed by atoms with Crippen molar-refractivity contribution in [3.63, 3.8) is 0 Å². The third kappa shape index (κ3) is 21.1. The van der Waals surface area contributed by atoms with Gasteiger partial charge < -0.3 is 19.3 Å². The van der Waals surface area contributed by atoms with Crippen LogP contribution in [-0.2, 0) is 19.5 Å². The van der Waals surface area contributed by atoms with Crippen LogP contribution in [0.15, 0.2) is 0 Å². The minimum Gasteiger partial charge on any atom is -0.328 e. The smallest absolute Gasteiger partial charge is 0.328 e. The van der Waals surface area contributed by atoms with Gasteiger partial charge in [0.2, 0.25) is 0 Å². The molecule has 0 nitrogen and oxygen atoms in total. The van der Waals surface area contributed by atoms with Crippen LogP contribution in [0.3, 0.4) is 0 Å². The van der Waals surface area contributed by atoms with Crippen molar-refractivity contribution >= 4 is 9.90 Å². The molecule has 0 aromatic carbocycles. The summed E-state index contributed by atoms with van der Waals surface area (Å²) in [6.45, 7) is 0. The van der Waals surface area contributed by atoms with E-state index in [1.54, 1.807) is 0 Å². The summed E-state index contributed by atoms with van der Waals surface area (Å²) in [5.41, 5.74) is 0. The first-order valence-electron chi connectivity index (χ1n) is 8.45. The van der Waals surface area contributed by atoms with Gasteiger partial charge in [-0.3, -0.25) is 0 Å². The molecule has 0 heterocycles. The maximum atomic E-state index is 2.39. The molecule has 0 aliphatic heterocycles. The van der Waals surface area contributed by atoms with Crippen LogP contribution in [0.5, 0.6) is 0 Å². The summed E-state index contributed by atoms with van der Waals surface area (Å²) in [6.07, 6.45) is 28.5. The van der Waals surface area contributed by atoms with Crippen molar-refractivity contribution < 1.29 is 19.5 Å². The van der Waals surface area contributed by atoms with Crippen molar-refractivity contribution in [2.75, 3.05) is 0 Å². The predicted molar refractivity (Wildman–Crippen MR) is 100.0 cm³/mol. The van der Waals surface area contributed by atoms with Crippen molar-refractivity contribution in [3.8, 4) is 0 Å². The molecule has 21 heavy (non-hydrogen) atoms. The second kappa shape index (κ2) is 23.3. The fourth-order valence-electron chi connectivity index (χ4n) is 2.70. The summed E-state index contributed by atoms with van der Waals surface area (Å²) >= 11 is 0. The number of rotatable bonds is 0. The molecule has 3 aliphatic rings. The van der Waals surface area contributed by atoms with Gasteiger partial charge in [0, 0.05) is 0 Å². The Bertz CT molecular complexity index is 86.6. The van der Waals surface area contributed by atoms with Crippen LogP contribution >= 0.6 is 9.90 Å². The van der Waals surface area contributed by atoms with Crippen LogP contribution in [0.2, 0.25) is 0 Å². The molecule has 3 aliphatic carbocycles. The van der Waals surface area contributed by atoms with E-state index in [0.29, 0.717) is 0 Å². The monoisotopic (exact) mass is 401 g/mol. The molecule has 1 atom stereocenters. The van der Waals surface area contributed by atoms with Gasteiger partial charge in [-0.25, -0.2) is 0 Å². The second-order valence-electron chi connectivity index (χ2n) is 5.78. The Morgan fingerprint density at radius 1 is 0.381 bits per heavy atom. The summed E-state index contributed by atoms with van der Waals surface area (Å²) < 4.78 is 0. The quantitative estimate of drug-likeness (QED) is 0.230. The summed E-state index contributed by atoms with van der Waals surface area (Å²) in [5, 5.41) is 0. The zero-order valence-electron chi connectivity index (χ0n) is 13.4. The van der Waals surface area contributed by atoms with E-state index in [1.165, 1.54) is 96.3 Å². The molecule has 0 spiro atoms. The van der Waals surface area contributed by atoms with Crippen LogP contribution in [0.4, 0.5) is 0 Å². The fraction of sp³-hybridized carbons (Fsp3) is 0.842. The van der Waals surface area contributed by atoms with Gasteiger partial charge in [0.25, 0.3) is 0 Å². The van der Waals surface area contributed by atoms with Gasteiger partial charge in [0.05, 0.1) is 0 Å². The average molecular weight is 401 g/mol.